The molecule has 0 radical (unpaired) electrons. The summed E-state index contributed by atoms with van der Waals surface area (Å²) in [5, 5.41) is 0. The van der Waals surface area contributed by atoms with Crippen molar-refractivity contribution in [2.24, 2.45) is 11.8 Å². The topological polar surface area (TPSA) is 69.7 Å². The average molecular weight is 468 g/mol. The lowest BCUT2D eigenvalue weighted by Gasteiger charge is -2.32. The summed E-state index contributed by atoms with van der Waals surface area (Å²) >= 11 is 0. The van der Waals surface area contributed by atoms with E-state index in [-0.39, 0.29) is 22.8 Å². The van der Waals surface area contributed by atoms with Crippen LogP contribution in [0.2, 0.25) is 0 Å². The molecule has 3 aliphatic rings. The number of hydrogen-bond acceptors (Lipinski definition) is 4. The molecule has 2 aromatic carbocycles. The maximum atomic E-state index is 13.1. The molecule has 0 spiro atoms. The molecule has 6 nitrogen and oxygen atoms in total. The lowest BCUT2D eigenvalue weighted by molar-refractivity contribution is -0.119. The van der Waals surface area contributed by atoms with Gasteiger partial charge in [-0.05, 0) is 86.4 Å². The van der Waals surface area contributed by atoms with Gasteiger partial charge in [0, 0.05) is 43.0 Å². The van der Waals surface area contributed by atoms with Crippen LogP contribution < -0.4 is 14.5 Å². The van der Waals surface area contributed by atoms with Gasteiger partial charge < -0.3 is 9.80 Å². The zero-order valence-corrected chi connectivity index (χ0v) is 20.3. The van der Waals surface area contributed by atoms with Gasteiger partial charge in [0.15, 0.2) is 0 Å². The summed E-state index contributed by atoms with van der Waals surface area (Å²) < 4.78 is 29.0. The maximum Gasteiger partial charge on any atom is 0.241 e. The first kappa shape index (κ1) is 22.4. The highest BCUT2D eigenvalue weighted by atomic mass is 32.2. The molecule has 33 heavy (non-hydrogen) atoms. The fourth-order valence-electron chi connectivity index (χ4n) is 4.93. The van der Waals surface area contributed by atoms with E-state index in [1.54, 1.807) is 18.2 Å². The summed E-state index contributed by atoms with van der Waals surface area (Å²) in [6.45, 7) is 6.97. The molecule has 2 aromatic rings. The van der Waals surface area contributed by atoms with Crippen molar-refractivity contribution in [2.75, 3.05) is 29.4 Å². The second kappa shape index (κ2) is 8.76. The molecule has 1 N–H and O–H groups in total. The molecular formula is C26H33N3O3S. The SMILES string of the molecule is CC1CCN(c2ccc([C@H](C)NS(=O)(=O)c3ccc4c(c3)CCN4C(=O)C3CC3)cc2)CC1. The van der Waals surface area contributed by atoms with Crippen LogP contribution in [0, 0.1) is 11.8 Å². The van der Waals surface area contributed by atoms with Gasteiger partial charge in [-0.2, -0.15) is 0 Å². The van der Waals surface area contributed by atoms with Crippen LogP contribution >= 0.6 is 0 Å². The number of carbonyl (C=O) groups excluding carboxylic acids is 1. The summed E-state index contributed by atoms with van der Waals surface area (Å²) in [5.74, 6) is 1.13. The Balaban J connectivity index is 1.26. The predicted molar refractivity (Wildman–Crippen MR) is 131 cm³/mol. The number of sulfonamides is 1. The monoisotopic (exact) mass is 467 g/mol. The smallest absolute Gasteiger partial charge is 0.241 e. The molecule has 2 aliphatic heterocycles. The molecule has 1 atom stereocenters. The molecule has 2 fully saturated rings. The van der Waals surface area contributed by atoms with E-state index in [0.29, 0.717) is 13.0 Å². The quantitative estimate of drug-likeness (QED) is 0.689. The molecule has 1 saturated carbocycles. The summed E-state index contributed by atoms with van der Waals surface area (Å²) in [5.41, 5.74) is 3.93. The van der Waals surface area contributed by atoms with Crippen molar-refractivity contribution in [3.8, 4) is 0 Å². The summed E-state index contributed by atoms with van der Waals surface area (Å²) in [7, 11) is -3.67. The van der Waals surface area contributed by atoms with E-state index >= 15 is 0 Å². The van der Waals surface area contributed by atoms with Crippen molar-refractivity contribution in [1.29, 1.82) is 0 Å². The molecule has 7 heteroatoms. The first-order valence-electron chi connectivity index (χ1n) is 12.1. The van der Waals surface area contributed by atoms with Gasteiger partial charge in [-0.1, -0.05) is 19.1 Å². The van der Waals surface area contributed by atoms with Gasteiger partial charge in [0.05, 0.1) is 4.90 Å². The first-order chi connectivity index (χ1) is 15.8. The van der Waals surface area contributed by atoms with Crippen LogP contribution in [0.25, 0.3) is 0 Å². The molecule has 1 aliphatic carbocycles. The van der Waals surface area contributed by atoms with Gasteiger partial charge in [-0.15, -0.1) is 0 Å². The van der Waals surface area contributed by atoms with Crippen molar-refractivity contribution in [3.63, 3.8) is 0 Å². The summed E-state index contributed by atoms with van der Waals surface area (Å²) in [6, 6.07) is 13.0. The van der Waals surface area contributed by atoms with Crippen LogP contribution in [0.3, 0.4) is 0 Å². The molecule has 1 amide bonds. The molecule has 2 heterocycles. The maximum absolute atomic E-state index is 13.1. The Morgan fingerprint density at radius 3 is 2.36 bits per heavy atom. The summed E-state index contributed by atoms with van der Waals surface area (Å²) in [4.78, 5) is 17.0. The van der Waals surface area contributed by atoms with E-state index in [1.807, 2.05) is 24.0 Å². The van der Waals surface area contributed by atoms with Crippen molar-refractivity contribution in [2.45, 2.75) is 56.9 Å². The minimum Gasteiger partial charge on any atom is -0.372 e. The van der Waals surface area contributed by atoms with E-state index in [0.717, 1.165) is 48.7 Å². The number of fused-ring (bicyclic) bond motifs is 1. The fraction of sp³-hybridized carbons (Fsp3) is 0.500. The number of piperidine rings is 1. The largest absolute Gasteiger partial charge is 0.372 e. The highest BCUT2D eigenvalue weighted by molar-refractivity contribution is 7.89. The van der Waals surface area contributed by atoms with Crippen LogP contribution in [0.4, 0.5) is 11.4 Å². The zero-order valence-electron chi connectivity index (χ0n) is 19.5. The van der Waals surface area contributed by atoms with Crippen LogP contribution in [0.1, 0.15) is 56.7 Å². The first-order valence-corrected chi connectivity index (χ1v) is 13.6. The highest BCUT2D eigenvalue weighted by Gasteiger charge is 2.36. The normalized spacial score (nSPS) is 20.1. The Bertz CT molecular complexity index is 1130. The second-order valence-electron chi connectivity index (χ2n) is 9.91. The minimum absolute atomic E-state index is 0.159. The van der Waals surface area contributed by atoms with Crippen molar-refractivity contribution >= 4 is 27.3 Å². The van der Waals surface area contributed by atoms with E-state index in [2.05, 4.69) is 28.7 Å². The van der Waals surface area contributed by atoms with Crippen molar-refractivity contribution in [3.05, 3.63) is 53.6 Å². The number of carbonyl (C=O) groups is 1. The van der Waals surface area contributed by atoms with Crippen LogP contribution in [0.15, 0.2) is 47.4 Å². The highest BCUT2D eigenvalue weighted by Crippen LogP contribution is 2.37. The third-order valence-electron chi connectivity index (χ3n) is 7.32. The van der Waals surface area contributed by atoms with Crippen LogP contribution in [-0.2, 0) is 21.2 Å². The molecule has 1 saturated heterocycles. The Morgan fingerprint density at radius 1 is 1.00 bits per heavy atom. The van der Waals surface area contributed by atoms with E-state index in [1.165, 1.54) is 18.5 Å². The van der Waals surface area contributed by atoms with Gasteiger partial charge in [0.1, 0.15) is 0 Å². The zero-order chi connectivity index (χ0) is 23.2. The van der Waals surface area contributed by atoms with E-state index in [9.17, 15) is 13.2 Å². The Morgan fingerprint density at radius 2 is 1.70 bits per heavy atom. The molecule has 0 unspecified atom stereocenters. The van der Waals surface area contributed by atoms with Gasteiger partial charge in [0.25, 0.3) is 0 Å². The molecule has 0 bridgehead atoms. The second-order valence-corrected chi connectivity index (χ2v) is 11.6. The lowest BCUT2D eigenvalue weighted by Crippen LogP contribution is -2.32. The number of anilines is 2. The van der Waals surface area contributed by atoms with Gasteiger partial charge >= 0.3 is 0 Å². The molecule has 176 valence electrons. The lowest BCUT2D eigenvalue weighted by atomic mass is 9.98. The van der Waals surface area contributed by atoms with Gasteiger partial charge in [-0.3, -0.25) is 4.79 Å². The summed E-state index contributed by atoms with van der Waals surface area (Å²) in [6.07, 6.45) is 5.06. The number of hydrogen-bond donors (Lipinski definition) is 1. The third kappa shape index (κ3) is 4.66. The Kier molecular flexibility index (Phi) is 5.95. The van der Waals surface area contributed by atoms with E-state index < -0.39 is 10.0 Å². The number of nitrogens with zero attached hydrogens (tertiary/aromatic N) is 2. The number of benzene rings is 2. The Hall–Kier alpha value is -2.38. The third-order valence-corrected chi connectivity index (χ3v) is 8.86. The number of rotatable bonds is 6. The fourth-order valence-corrected chi connectivity index (χ4v) is 6.22. The molecule has 0 aromatic heterocycles. The van der Waals surface area contributed by atoms with Gasteiger partial charge in [-0.25, -0.2) is 13.1 Å². The van der Waals surface area contributed by atoms with Crippen molar-refractivity contribution < 1.29 is 13.2 Å². The molecule has 5 rings (SSSR count). The van der Waals surface area contributed by atoms with Crippen molar-refractivity contribution in [1.82, 2.24) is 4.72 Å². The standard InChI is InChI=1S/C26H33N3O3S/c1-18-11-14-28(15-12-18)23-7-5-20(6-8-23)19(2)27-33(31,32)24-9-10-25-22(17-24)13-16-29(25)26(30)21-3-4-21/h5-10,17-19,21,27H,3-4,11-16H2,1-2H3/t19-/m0/s1. The van der Waals surface area contributed by atoms with E-state index in [4.69, 9.17) is 0 Å². The molecular weight excluding hydrogens is 434 g/mol. The number of nitrogens with one attached hydrogen (secondary N) is 1. The van der Waals surface area contributed by atoms with Crippen LogP contribution in [-0.4, -0.2) is 34.0 Å². The van der Waals surface area contributed by atoms with Gasteiger partial charge in [0.2, 0.25) is 15.9 Å². The minimum atomic E-state index is -3.67. The Labute approximate surface area is 197 Å². The predicted octanol–water partition coefficient (Wildman–Crippen LogP) is 4.26. The number of amides is 1. The average Bonchev–Trinajstić information content (AvgIpc) is 3.58. The van der Waals surface area contributed by atoms with Crippen LogP contribution in [0.5, 0.6) is 0 Å².